The van der Waals surface area contributed by atoms with Gasteiger partial charge in [0.2, 0.25) is 11.8 Å². The molecule has 0 radical (unpaired) electrons. The maximum absolute atomic E-state index is 13.5. The van der Waals surface area contributed by atoms with E-state index in [1.54, 1.807) is 0 Å². The predicted molar refractivity (Wildman–Crippen MR) is 100 cm³/mol. The van der Waals surface area contributed by atoms with E-state index in [2.05, 4.69) is 16.0 Å². The van der Waals surface area contributed by atoms with Crippen LogP contribution in [0, 0.1) is 11.2 Å². The van der Waals surface area contributed by atoms with E-state index >= 15 is 0 Å². The summed E-state index contributed by atoms with van der Waals surface area (Å²) < 4.78 is 53.0. The molecule has 3 rings (SSSR count). The highest BCUT2D eigenvalue weighted by Crippen LogP contribution is 2.57. The van der Waals surface area contributed by atoms with Gasteiger partial charge in [-0.15, -0.1) is 0 Å². The number of fused-ring (bicyclic) bond motifs is 1. The molecule has 3 amide bonds. The molecule has 164 valence electrons. The average molecular weight is 430 g/mol. The standard InChI is InChI=1S/C19H22F4N4O3/c1-17(2,26-16(30)18(6-7-18)19(21,22)23)15(29)25-12-9-24-11-5-4-10(20)8-13(11)27(3)14(12)28/h4-5,8,12,24H,6-7,9H2,1-3H3,(H,25,29)(H,26,30)/t12-/m1/s1. The molecule has 0 saturated heterocycles. The first-order valence-electron chi connectivity index (χ1n) is 9.30. The quantitative estimate of drug-likeness (QED) is 0.637. The van der Waals surface area contributed by atoms with E-state index in [1.807, 2.05) is 0 Å². The van der Waals surface area contributed by atoms with Crippen molar-refractivity contribution in [3.8, 4) is 0 Å². The average Bonchev–Trinajstić information content (AvgIpc) is 3.46. The Bertz CT molecular complexity index is 896. The fourth-order valence-electron chi connectivity index (χ4n) is 3.26. The van der Waals surface area contributed by atoms with Crippen molar-refractivity contribution >= 4 is 29.1 Å². The Hall–Kier alpha value is -2.85. The smallest absolute Gasteiger partial charge is 0.381 e. The van der Waals surface area contributed by atoms with Gasteiger partial charge in [0.05, 0.1) is 11.4 Å². The minimum atomic E-state index is -4.70. The number of anilines is 2. The number of benzene rings is 1. The number of hydrogen-bond acceptors (Lipinski definition) is 4. The van der Waals surface area contributed by atoms with Crippen molar-refractivity contribution in [2.24, 2.45) is 5.41 Å². The van der Waals surface area contributed by atoms with Gasteiger partial charge in [0.15, 0.2) is 0 Å². The molecule has 2 aliphatic rings. The summed E-state index contributed by atoms with van der Waals surface area (Å²) in [5.74, 6) is -3.17. The van der Waals surface area contributed by atoms with Crippen molar-refractivity contribution in [2.45, 2.75) is 44.4 Å². The Balaban J connectivity index is 1.71. The topological polar surface area (TPSA) is 90.5 Å². The fourth-order valence-corrected chi connectivity index (χ4v) is 3.26. The zero-order valence-corrected chi connectivity index (χ0v) is 16.6. The number of amides is 3. The molecule has 1 aromatic rings. The summed E-state index contributed by atoms with van der Waals surface area (Å²) in [7, 11) is 1.42. The molecule has 0 aromatic heterocycles. The van der Waals surface area contributed by atoms with Crippen molar-refractivity contribution < 1.29 is 31.9 Å². The summed E-state index contributed by atoms with van der Waals surface area (Å²) in [5.41, 5.74) is -3.39. The highest BCUT2D eigenvalue weighted by molar-refractivity contribution is 6.04. The van der Waals surface area contributed by atoms with Crippen LogP contribution in [0.15, 0.2) is 18.2 Å². The molecule has 7 nitrogen and oxygen atoms in total. The van der Waals surface area contributed by atoms with E-state index in [9.17, 15) is 31.9 Å². The summed E-state index contributed by atoms with van der Waals surface area (Å²) in [6.45, 7) is 2.49. The molecule has 0 spiro atoms. The van der Waals surface area contributed by atoms with Crippen molar-refractivity contribution in [3.63, 3.8) is 0 Å². The fraction of sp³-hybridized carbons (Fsp3) is 0.526. The van der Waals surface area contributed by atoms with Gasteiger partial charge >= 0.3 is 6.18 Å². The van der Waals surface area contributed by atoms with Gasteiger partial charge in [-0.25, -0.2) is 4.39 Å². The Kier molecular flexibility index (Phi) is 5.20. The summed E-state index contributed by atoms with van der Waals surface area (Å²) in [6, 6.07) is 2.76. The molecule has 1 aromatic carbocycles. The maximum atomic E-state index is 13.5. The van der Waals surface area contributed by atoms with E-state index < -0.39 is 46.7 Å². The van der Waals surface area contributed by atoms with Gasteiger partial charge in [0.1, 0.15) is 22.8 Å². The number of halogens is 4. The normalized spacial score (nSPS) is 20.6. The number of rotatable bonds is 4. The third kappa shape index (κ3) is 3.80. The zero-order chi connectivity index (χ0) is 22.5. The highest BCUT2D eigenvalue weighted by Gasteiger charge is 2.69. The lowest BCUT2D eigenvalue weighted by Crippen LogP contribution is -2.61. The molecule has 1 atom stereocenters. The summed E-state index contributed by atoms with van der Waals surface area (Å²) in [6.07, 6.45) is -5.36. The highest BCUT2D eigenvalue weighted by atomic mass is 19.4. The van der Waals surface area contributed by atoms with Gasteiger partial charge < -0.3 is 20.9 Å². The predicted octanol–water partition coefficient (Wildman–Crippen LogP) is 1.94. The van der Waals surface area contributed by atoms with E-state index in [0.29, 0.717) is 5.69 Å². The molecule has 1 saturated carbocycles. The van der Waals surface area contributed by atoms with Gasteiger partial charge in [-0.3, -0.25) is 14.4 Å². The van der Waals surface area contributed by atoms with Crippen LogP contribution in [-0.4, -0.2) is 49.1 Å². The monoisotopic (exact) mass is 430 g/mol. The second-order valence-corrected chi connectivity index (χ2v) is 8.12. The van der Waals surface area contributed by atoms with Crippen LogP contribution in [0.2, 0.25) is 0 Å². The minimum Gasteiger partial charge on any atom is -0.381 e. The molecule has 1 heterocycles. The lowest BCUT2D eigenvalue weighted by molar-refractivity contribution is -0.193. The van der Waals surface area contributed by atoms with Gasteiger partial charge in [0, 0.05) is 13.6 Å². The van der Waals surface area contributed by atoms with Gasteiger partial charge in [-0.2, -0.15) is 13.2 Å². The summed E-state index contributed by atoms with van der Waals surface area (Å²) in [4.78, 5) is 38.8. The Morgan fingerprint density at radius 3 is 2.43 bits per heavy atom. The van der Waals surface area contributed by atoms with E-state index in [4.69, 9.17) is 0 Å². The first-order chi connectivity index (χ1) is 13.8. The number of hydrogen-bond donors (Lipinski definition) is 3. The van der Waals surface area contributed by atoms with Crippen molar-refractivity contribution in [3.05, 3.63) is 24.0 Å². The van der Waals surface area contributed by atoms with Crippen LogP contribution in [0.3, 0.4) is 0 Å². The Labute approximate surface area is 170 Å². The molecule has 1 fully saturated rings. The second kappa shape index (κ2) is 7.13. The molecular weight excluding hydrogens is 408 g/mol. The third-order valence-electron chi connectivity index (χ3n) is 5.47. The van der Waals surface area contributed by atoms with Crippen molar-refractivity contribution in [1.82, 2.24) is 10.6 Å². The van der Waals surface area contributed by atoms with E-state index in [0.717, 1.165) is 0 Å². The lowest BCUT2D eigenvalue weighted by atomic mass is 9.99. The Morgan fingerprint density at radius 1 is 1.23 bits per heavy atom. The lowest BCUT2D eigenvalue weighted by Gasteiger charge is -2.30. The van der Waals surface area contributed by atoms with Crippen LogP contribution in [0.4, 0.5) is 28.9 Å². The number of carbonyl (C=O) groups is 3. The number of alkyl halides is 3. The number of nitrogens with zero attached hydrogens (tertiary/aromatic N) is 1. The Morgan fingerprint density at radius 2 is 1.87 bits per heavy atom. The van der Waals surface area contributed by atoms with E-state index in [-0.39, 0.29) is 25.1 Å². The minimum absolute atomic E-state index is 0.0237. The van der Waals surface area contributed by atoms with Crippen molar-refractivity contribution in [2.75, 3.05) is 23.8 Å². The molecule has 0 unspecified atom stereocenters. The van der Waals surface area contributed by atoms with Crippen LogP contribution in [0.5, 0.6) is 0 Å². The summed E-state index contributed by atoms with van der Waals surface area (Å²) in [5, 5.41) is 7.55. The number of carbonyl (C=O) groups excluding carboxylic acids is 3. The molecule has 0 bridgehead atoms. The molecule has 1 aliphatic heterocycles. The molecule has 3 N–H and O–H groups in total. The van der Waals surface area contributed by atoms with Gasteiger partial charge in [-0.05, 0) is 44.9 Å². The van der Waals surface area contributed by atoms with Crippen molar-refractivity contribution in [1.29, 1.82) is 0 Å². The molecule has 11 heteroatoms. The third-order valence-corrected chi connectivity index (χ3v) is 5.47. The first kappa shape index (κ1) is 21.8. The van der Waals surface area contributed by atoms with E-state index in [1.165, 1.54) is 44.0 Å². The number of likely N-dealkylation sites (N-methyl/N-ethyl adjacent to an activating group) is 1. The zero-order valence-electron chi connectivity index (χ0n) is 16.6. The molecular formula is C19H22F4N4O3. The molecule has 1 aliphatic carbocycles. The first-order valence-corrected chi connectivity index (χ1v) is 9.30. The van der Waals surface area contributed by atoms with Crippen LogP contribution in [-0.2, 0) is 14.4 Å². The van der Waals surface area contributed by atoms with Gasteiger partial charge in [-0.1, -0.05) is 0 Å². The largest absolute Gasteiger partial charge is 0.403 e. The van der Waals surface area contributed by atoms with Gasteiger partial charge in [0.25, 0.3) is 5.91 Å². The second-order valence-electron chi connectivity index (χ2n) is 8.12. The summed E-state index contributed by atoms with van der Waals surface area (Å²) >= 11 is 0. The van der Waals surface area contributed by atoms with Crippen LogP contribution in [0.1, 0.15) is 26.7 Å². The van der Waals surface area contributed by atoms with Crippen LogP contribution < -0.4 is 20.9 Å². The van der Waals surface area contributed by atoms with Crippen LogP contribution in [0.25, 0.3) is 0 Å². The maximum Gasteiger partial charge on any atom is 0.403 e. The molecule has 30 heavy (non-hydrogen) atoms. The van der Waals surface area contributed by atoms with Crippen LogP contribution >= 0.6 is 0 Å². The SMILES string of the molecule is CN1C(=O)[C@H](NC(=O)C(C)(C)NC(=O)C2(C(F)(F)F)CC2)CNc2ccc(F)cc21. The number of nitrogens with one attached hydrogen (secondary N) is 3.